The minimum atomic E-state index is 0.888. The van der Waals surface area contributed by atoms with E-state index in [1.54, 1.807) is 0 Å². The number of anilines is 1. The normalized spacial score (nSPS) is 20.9. The van der Waals surface area contributed by atoms with Crippen LogP contribution in [0.25, 0.3) is 0 Å². The summed E-state index contributed by atoms with van der Waals surface area (Å²) in [5.74, 6) is 0. The van der Waals surface area contributed by atoms with E-state index in [0.29, 0.717) is 0 Å². The second kappa shape index (κ2) is 6.12. The van der Waals surface area contributed by atoms with Crippen molar-refractivity contribution in [3.63, 3.8) is 0 Å². The van der Waals surface area contributed by atoms with E-state index >= 15 is 0 Å². The summed E-state index contributed by atoms with van der Waals surface area (Å²) in [7, 11) is 0. The quantitative estimate of drug-likeness (QED) is 0.844. The molecule has 0 unspecified atom stereocenters. The van der Waals surface area contributed by atoms with E-state index in [0.717, 1.165) is 64.6 Å². The van der Waals surface area contributed by atoms with Crippen molar-refractivity contribution >= 4 is 5.69 Å². The van der Waals surface area contributed by atoms with Crippen LogP contribution >= 0.6 is 0 Å². The first-order chi connectivity index (χ1) is 9.74. The van der Waals surface area contributed by atoms with Crippen molar-refractivity contribution in [2.75, 3.05) is 51.7 Å². The number of nitrogens with two attached hydrogens (primary N) is 1. The van der Waals surface area contributed by atoms with Gasteiger partial charge in [-0.2, -0.15) is 0 Å². The van der Waals surface area contributed by atoms with Gasteiger partial charge in [0.25, 0.3) is 0 Å². The van der Waals surface area contributed by atoms with Gasteiger partial charge in [-0.05, 0) is 30.0 Å². The van der Waals surface area contributed by atoms with Gasteiger partial charge >= 0.3 is 0 Å². The first-order valence-corrected chi connectivity index (χ1v) is 7.63. The lowest BCUT2D eigenvalue weighted by molar-refractivity contribution is 0.0327. The van der Waals surface area contributed by atoms with Gasteiger partial charge in [-0.25, -0.2) is 0 Å². The van der Waals surface area contributed by atoms with Gasteiger partial charge < -0.3 is 10.5 Å². The predicted molar refractivity (Wildman–Crippen MR) is 81.8 cm³/mol. The van der Waals surface area contributed by atoms with Crippen LogP contribution in [0.3, 0.4) is 0 Å². The molecule has 110 valence electrons. The van der Waals surface area contributed by atoms with E-state index in [9.17, 15) is 0 Å². The van der Waals surface area contributed by atoms with Crippen LogP contribution in [0.2, 0.25) is 0 Å². The topological polar surface area (TPSA) is 41.7 Å². The smallest absolute Gasteiger partial charge is 0.0594 e. The van der Waals surface area contributed by atoms with Crippen LogP contribution < -0.4 is 5.73 Å². The number of nitrogen functional groups attached to an aromatic ring is 1. The molecule has 1 saturated heterocycles. The molecule has 1 fully saturated rings. The zero-order valence-electron chi connectivity index (χ0n) is 12.4. The molecule has 0 amide bonds. The molecule has 2 N–H and O–H groups in total. The second-order valence-electron chi connectivity index (χ2n) is 5.91. The monoisotopic (exact) mass is 275 g/mol. The largest absolute Gasteiger partial charge is 0.398 e. The van der Waals surface area contributed by atoms with E-state index in [1.165, 1.54) is 16.7 Å². The van der Waals surface area contributed by atoms with Crippen molar-refractivity contribution < 1.29 is 4.74 Å². The molecule has 1 aromatic carbocycles. The highest BCUT2D eigenvalue weighted by atomic mass is 16.5. The molecule has 2 heterocycles. The van der Waals surface area contributed by atoms with Crippen molar-refractivity contribution in [2.45, 2.75) is 19.9 Å². The Morgan fingerprint density at radius 1 is 1.10 bits per heavy atom. The molecule has 4 nitrogen and oxygen atoms in total. The van der Waals surface area contributed by atoms with Crippen molar-refractivity contribution in [2.24, 2.45) is 0 Å². The van der Waals surface area contributed by atoms with Crippen molar-refractivity contribution in [1.29, 1.82) is 0 Å². The Morgan fingerprint density at radius 2 is 1.85 bits per heavy atom. The Labute approximate surface area is 121 Å². The average molecular weight is 275 g/mol. The van der Waals surface area contributed by atoms with Gasteiger partial charge in [-0.15, -0.1) is 0 Å². The molecule has 0 aliphatic carbocycles. The SMILES string of the molecule is Cc1ccc2c(c1N)CCN(CCN1CCOCC1)C2. The van der Waals surface area contributed by atoms with Gasteiger partial charge in [0, 0.05) is 45.0 Å². The summed E-state index contributed by atoms with van der Waals surface area (Å²) >= 11 is 0. The molecular formula is C16H25N3O. The molecule has 0 radical (unpaired) electrons. The van der Waals surface area contributed by atoms with Crippen LogP contribution in [-0.4, -0.2) is 55.7 Å². The third kappa shape index (κ3) is 2.97. The summed E-state index contributed by atoms with van der Waals surface area (Å²) in [5, 5.41) is 0. The van der Waals surface area contributed by atoms with Gasteiger partial charge in [0.15, 0.2) is 0 Å². The first kappa shape index (κ1) is 13.9. The van der Waals surface area contributed by atoms with Gasteiger partial charge in [0.05, 0.1) is 13.2 Å². The maximum absolute atomic E-state index is 6.20. The van der Waals surface area contributed by atoms with Gasteiger partial charge in [0.1, 0.15) is 0 Å². The van der Waals surface area contributed by atoms with Crippen LogP contribution in [0.4, 0.5) is 5.69 Å². The molecule has 0 saturated carbocycles. The fourth-order valence-corrected chi connectivity index (χ4v) is 3.16. The number of ether oxygens (including phenoxy) is 1. The minimum absolute atomic E-state index is 0.888. The average Bonchev–Trinajstić information content (AvgIpc) is 2.50. The lowest BCUT2D eigenvalue weighted by atomic mass is 9.95. The number of nitrogens with zero attached hydrogens (tertiary/aromatic N) is 2. The Hall–Kier alpha value is -1.10. The molecule has 0 spiro atoms. The molecule has 0 atom stereocenters. The lowest BCUT2D eigenvalue weighted by Crippen LogP contribution is -2.42. The van der Waals surface area contributed by atoms with Crippen LogP contribution in [-0.2, 0) is 17.7 Å². The molecule has 0 aromatic heterocycles. The van der Waals surface area contributed by atoms with Gasteiger partial charge in [-0.1, -0.05) is 12.1 Å². The zero-order chi connectivity index (χ0) is 13.9. The van der Waals surface area contributed by atoms with E-state index in [-0.39, 0.29) is 0 Å². The van der Waals surface area contributed by atoms with Gasteiger partial charge in [-0.3, -0.25) is 9.80 Å². The first-order valence-electron chi connectivity index (χ1n) is 7.63. The fourth-order valence-electron chi connectivity index (χ4n) is 3.16. The Kier molecular flexibility index (Phi) is 4.24. The summed E-state index contributed by atoms with van der Waals surface area (Å²) in [6.07, 6.45) is 1.09. The Morgan fingerprint density at radius 3 is 2.65 bits per heavy atom. The van der Waals surface area contributed by atoms with Gasteiger partial charge in [0.2, 0.25) is 0 Å². The summed E-state index contributed by atoms with van der Waals surface area (Å²) in [6.45, 7) is 10.5. The van der Waals surface area contributed by atoms with E-state index in [2.05, 4.69) is 28.9 Å². The standard InChI is InChI=1S/C16H25N3O/c1-13-2-3-14-12-19(5-4-15(14)16(13)17)7-6-18-8-10-20-11-9-18/h2-3H,4-12,17H2,1H3. The second-order valence-corrected chi connectivity index (χ2v) is 5.91. The number of fused-ring (bicyclic) bond motifs is 1. The third-order valence-electron chi connectivity index (χ3n) is 4.58. The van der Waals surface area contributed by atoms with Crippen LogP contribution in [0.15, 0.2) is 12.1 Å². The molecular weight excluding hydrogens is 250 g/mol. The van der Waals surface area contributed by atoms with E-state index in [1.807, 2.05) is 0 Å². The summed E-state index contributed by atoms with van der Waals surface area (Å²) in [4.78, 5) is 5.05. The Balaban J connectivity index is 1.57. The summed E-state index contributed by atoms with van der Waals surface area (Å²) < 4.78 is 5.39. The number of hydrogen-bond donors (Lipinski definition) is 1. The molecule has 20 heavy (non-hydrogen) atoms. The molecule has 1 aromatic rings. The Bertz CT molecular complexity index is 469. The fraction of sp³-hybridized carbons (Fsp3) is 0.625. The third-order valence-corrected chi connectivity index (χ3v) is 4.58. The van der Waals surface area contributed by atoms with Crippen LogP contribution in [0.1, 0.15) is 16.7 Å². The van der Waals surface area contributed by atoms with E-state index in [4.69, 9.17) is 10.5 Å². The summed E-state index contributed by atoms with van der Waals surface area (Å²) in [5.41, 5.74) is 11.2. The van der Waals surface area contributed by atoms with E-state index < -0.39 is 0 Å². The van der Waals surface area contributed by atoms with Crippen molar-refractivity contribution in [3.8, 4) is 0 Å². The summed E-state index contributed by atoms with van der Waals surface area (Å²) in [6, 6.07) is 4.40. The zero-order valence-corrected chi connectivity index (χ0v) is 12.4. The number of benzene rings is 1. The number of rotatable bonds is 3. The molecule has 0 bridgehead atoms. The molecule has 4 heteroatoms. The number of aryl methyl sites for hydroxylation is 1. The van der Waals surface area contributed by atoms with Crippen LogP contribution in [0.5, 0.6) is 0 Å². The minimum Gasteiger partial charge on any atom is -0.398 e. The molecule has 3 rings (SSSR count). The van der Waals surface area contributed by atoms with Crippen LogP contribution in [0, 0.1) is 6.92 Å². The maximum Gasteiger partial charge on any atom is 0.0594 e. The number of morpholine rings is 1. The predicted octanol–water partition coefficient (Wildman–Crippen LogP) is 1.27. The molecule has 2 aliphatic rings. The van der Waals surface area contributed by atoms with Crippen molar-refractivity contribution in [1.82, 2.24) is 9.80 Å². The lowest BCUT2D eigenvalue weighted by Gasteiger charge is -2.33. The maximum atomic E-state index is 6.20. The van der Waals surface area contributed by atoms with Crippen molar-refractivity contribution in [3.05, 3.63) is 28.8 Å². The highest BCUT2D eigenvalue weighted by Gasteiger charge is 2.19. The highest BCUT2D eigenvalue weighted by Crippen LogP contribution is 2.26. The molecule has 2 aliphatic heterocycles. The number of hydrogen-bond acceptors (Lipinski definition) is 4. The highest BCUT2D eigenvalue weighted by molar-refractivity contribution is 5.57.